The van der Waals surface area contributed by atoms with Crippen LogP contribution in [0.5, 0.6) is 0 Å². The molecular formula is C15H21N3OS. The van der Waals surface area contributed by atoms with Gasteiger partial charge in [-0.25, -0.2) is 0 Å². The van der Waals surface area contributed by atoms with Gasteiger partial charge in [-0.15, -0.1) is 11.3 Å². The maximum atomic E-state index is 5.44. The van der Waals surface area contributed by atoms with Crippen molar-refractivity contribution in [3.8, 4) is 0 Å². The van der Waals surface area contributed by atoms with Crippen LogP contribution in [0, 0.1) is 0 Å². The van der Waals surface area contributed by atoms with Gasteiger partial charge in [0.15, 0.2) is 5.76 Å². The maximum absolute atomic E-state index is 5.44. The molecule has 0 unspecified atom stereocenters. The van der Waals surface area contributed by atoms with E-state index in [2.05, 4.69) is 46.7 Å². The molecule has 2 aromatic rings. The molecule has 0 aliphatic carbocycles. The van der Waals surface area contributed by atoms with E-state index in [4.69, 9.17) is 4.52 Å². The SMILES string of the molecule is CC(C)NCc1cc(CN2CCc3sccc3C2)on1. The predicted octanol–water partition coefficient (Wildman–Crippen LogP) is 2.79. The van der Waals surface area contributed by atoms with Crippen LogP contribution in [0.1, 0.15) is 35.7 Å². The second kappa shape index (κ2) is 6.08. The van der Waals surface area contributed by atoms with Gasteiger partial charge < -0.3 is 9.84 Å². The molecule has 1 aliphatic rings. The van der Waals surface area contributed by atoms with Crippen molar-refractivity contribution in [3.05, 3.63) is 39.4 Å². The number of hydrogen-bond donors (Lipinski definition) is 1. The number of aromatic nitrogens is 1. The molecule has 2 aromatic heterocycles. The standard InChI is InChI=1S/C15H21N3OS/c1-11(2)16-8-13-7-14(19-17-13)10-18-5-3-15-12(9-18)4-6-20-15/h4,6-7,11,16H,3,5,8-10H2,1-2H3. The molecule has 5 heteroatoms. The lowest BCUT2D eigenvalue weighted by atomic mass is 10.1. The number of nitrogens with zero attached hydrogens (tertiary/aromatic N) is 2. The lowest BCUT2D eigenvalue weighted by molar-refractivity contribution is 0.216. The Morgan fingerprint density at radius 3 is 3.25 bits per heavy atom. The van der Waals surface area contributed by atoms with Crippen molar-refractivity contribution in [2.75, 3.05) is 6.54 Å². The first kappa shape index (κ1) is 13.8. The third kappa shape index (κ3) is 3.29. The first-order chi connectivity index (χ1) is 9.70. The predicted molar refractivity (Wildman–Crippen MR) is 80.6 cm³/mol. The summed E-state index contributed by atoms with van der Waals surface area (Å²) in [5.41, 5.74) is 2.46. The fourth-order valence-electron chi connectivity index (χ4n) is 2.48. The summed E-state index contributed by atoms with van der Waals surface area (Å²) in [4.78, 5) is 3.97. The summed E-state index contributed by atoms with van der Waals surface area (Å²) in [7, 11) is 0. The second-order valence-corrected chi connectivity index (χ2v) is 6.65. The number of thiophene rings is 1. The Morgan fingerprint density at radius 2 is 2.40 bits per heavy atom. The molecule has 3 rings (SSSR count). The molecule has 0 spiro atoms. The molecule has 108 valence electrons. The highest BCUT2D eigenvalue weighted by Gasteiger charge is 2.18. The van der Waals surface area contributed by atoms with Crippen LogP contribution in [-0.4, -0.2) is 22.6 Å². The van der Waals surface area contributed by atoms with Gasteiger partial charge in [-0.2, -0.15) is 0 Å². The van der Waals surface area contributed by atoms with E-state index in [9.17, 15) is 0 Å². The molecule has 0 amide bonds. The Hall–Kier alpha value is -1.17. The lowest BCUT2D eigenvalue weighted by Gasteiger charge is -2.25. The number of hydrogen-bond acceptors (Lipinski definition) is 5. The second-order valence-electron chi connectivity index (χ2n) is 5.65. The number of nitrogens with one attached hydrogen (secondary N) is 1. The van der Waals surface area contributed by atoms with Crippen LogP contribution in [0.4, 0.5) is 0 Å². The van der Waals surface area contributed by atoms with Crippen LogP contribution in [0.15, 0.2) is 22.0 Å². The van der Waals surface area contributed by atoms with Crippen molar-refractivity contribution in [1.82, 2.24) is 15.4 Å². The monoisotopic (exact) mass is 291 g/mol. The van der Waals surface area contributed by atoms with E-state index >= 15 is 0 Å². The summed E-state index contributed by atoms with van der Waals surface area (Å²) in [6, 6.07) is 4.78. The average Bonchev–Trinajstić information content (AvgIpc) is 3.04. The molecule has 0 aromatic carbocycles. The lowest BCUT2D eigenvalue weighted by Crippen LogP contribution is -2.28. The Balaban J connectivity index is 1.56. The summed E-state index contributed by atoms with van der Waals surface area (Å²) >= 11 is 1.88. The zero-order valence-corrected chi connectivity index (χ0v) is 12.9. The third-order valence-electron chi connectivity index (χ3n) is 3.57. The van der Waals surface area contributed by atoms with Crippen molar-refractivity contribution in [2.45, 2.75) is 45.9 Å². The van der Waals surface area contributed by atoms with E-state index in [1.54, 1.807) is 4.88 Å². The van der Waals surface area contributed by atoms with Gasteiger partial charge in [-0.05, 0) is 23.4 Å². The summed E-state index contributed by atoms with van der Waals surface area (Å²) in [5.74, 6) is 0.962. The molecule has 1 N–H and O–H groups in total. The Kier molecular flexibility index (Phi) is 4.19. The fraction of sp³-hybridized carbons (Fsp3) is 0.533. The number of fused-ring (bicyclic) bond motifs is 1. The van der Waals surface area contributed by atoms with Crippen LogP contribution in [0.3, 0.4) is 0 Å². The minimum absolute atomic E-state index is 0.467. The van der Waals surface area contributed by atoms with Crippen molar-refractivity contribution in [2.24, 2.45) is 0 Å². The highest BCUT2D eigenvalue weighted by Crippen LogP contribution is 2.25. The van der Waals surface area contributed by atoms with Crippen molar-refractivity contribution in [3.63, 3.8) is 0 Å². The van der Waals surface area contributed by atoms with E-state index in [0.29, 0.717) is 6.04 Å². The molecule has 20 heavy (non-hydrogen) atoms. The van der Waals surface area contributed by atoms with Gasteiger partial charge in [-0.3, -0.25) is 4.90 Å². The van der Waals surface area contributed by atoms with Gasteiger partial charge in [0, 0.05) is 36.6 Å². The molecule has 1 aliphatic heterocycles. The molecule has 0 fully saturated rings. The normalized spacial score (nSPS) is 15.8. The Labute approximate surface area is 123 Å². The topological polar surface area (TPSA) is 41.3 Å². The molecular weight excluding hydrogens is 270 g/mol. The maximum Gasteiger partial charge on any atom is 0.151 e. The van der Waals surface area contributed by atoms with Crippen LogP contribution in [0.25, 0.3) is 0 Å². The molecule has 0 radical (unpaired) electrons. The summed E-state index contributed by atoms with van der Waals surface area (Å²) in [6.07, 6.45) is 1.16. The quantitative estimate of drug-likeness (QED) is 0.920. The Bertz CT molecular complexity index is 561. The summed E-state index contributed by atoms with van der Waals surface area (Å²) < 4.78 is 5.44. The smallest absolute Gasteiger partial charge is 0.151 e. The van der Waals surface area contributed by atoms with Crippen LogP contribution in [-0.2, 0) is 26.1 Å². The van der Waals surface area contributed by atoms with Crippen LogP contribution in [0.2, 0.25) is 0 Å². The molecule has 0 saturated carbocycles. The van der Waals surface area contributed by atoms with E-state index < -0.39 is 0 Å². The summed E-state index contributed by atoms with van der Waals surface area (Å²) in [5, 5.41) is 9.67. The van der Waals surface area contributed by atoms with E-state index in [1.165, 1.54) is 5.56 Å². The molecule has 0 bridgehead atoms. The van der Waals surface area contributed by atoms with Gasteiger partial charge in [0.1, 0.15) is 0 Å². The minimum atomic E-state index is 0.467. The fourth-order valence-corrected chi connectivity index (χ4v) is 3.37. The highest BCUT2D eigenvalue weighted by atomic mass is 32.1. The Morgan fingerprint density at radius 1 is 1.50 bits per heavy atom. The van der Waals surface area contributed by atoms with Crippen molar-refractivity contribution >= 4 is 11.3 Å². The first-order valence-electron chi connectivity index (χ1n) is 7.16. The first-order valence-corrected chi connectivity index (χ1v) is 8.04. The third-order valence-corrected chi connectivity index (χ3v) is 4.59. The van der Waals surface area contributed by atoms with E-state index in [-0.39, 0.29) is 0 Å². The van der Waals surface area contributed by atoms with Crippen molar-refractivity contribution < 1.29 is 4.52 Å². The zero-order chi connectivity index (χ0) is 13.9. The van der Waals surface area contributed by atoms with Crippen LogP contribution >= 0.6 is 11.3 Å². The van der Waals surface area contributed by atoms with E-state index in [0.717, 1.165) is 44.1 Å². The van der Waals surface area contributed by atoms with Gasteiger partial charge in [0.05, 0.1) is 12.2 Å². The van der Waals surface area contributed by atoms with Crippen LogP contribution < -0.4 is 5.32 Å². The molecule has 0 saturated heterocycles. The minimum Gasteiger partial charge on any atom is -0.360 e. The molecule has 3 heterocycles. The van der Waals surface area contributed by atoms with E-state index in [1.807, 2.05) is 11.3 Å². The largest absolute Gasteiger partial charge is 0.360 e. The molecule has 0 atom stereocenters. The molecule has 4 nitrogen and oxygen atoms in total. The summed E-state index contributed by atoms with van der Waals surface area (Å²) in [6.45, 7) is 8.02. The zero-order valence-electron chi connectivity index (χ0n) is 12.1. The van der Waals surface area contributed by atoms with Gasteiger partial charge >= 0.3 is 0 Å². The van der Waals surface area contributed by atoms with Gasteiger partial charge in [-0.1, -0.05) is 19.0 Å². The number of rotatable bonds is 5. The van der Waals surface area contributed by atoms with Crippen molar-refractivity contribution in [1.29, 1.82) is 0 Å². The van der Waals surface area contributed by atoms with Gasteiger partial charge in [0.25, 0.3) is 0 Å². The van der Waals surface area contributed by atoms with Gasteiger partial charge in [0.2, 0.25) is 0 Å². The average molecular weight is 291 g/mol. The highest BCUT2D eigenvalue weighted by molar-refractivity contribution is 7.10.